The number of ketones is 1. The van der Waals surface area contributed by atoms with Crippen LogP contribution in [-0.2, 0) is 6.42 Å². The number of hydrogen-bond donors (Lipinski definition) is 3. The third kappa shape index (κ3) is 4.21. The van der Waals surface area contributed by atoms with Gasteiger partial charge in [0.2, 0.25) is 0 Å². The molecule has 10 heteroatoms. The molecule has 0 aliphatic carbocycles. The van der Waals surface area contributed by atoms with E-state index in [1.54, 1.807) is 44.2 Å². The van der Waals surface area contributed by atoms with Crippen molar-refractivity contribution in [2.24, 2.45) is 0 Å². The number of aromatic nitrogens is 6. The second-order valence-electron chi connectivity index (χ2n) is 9.76. The molecule has 41 heavy (non-hydrogen) atoms. The number of aromatic hydroxyl groups is 2. The third-order valence-corrected chi connectivity index (χ3v) is 7.05. The van der Waals surface area contributed by atoms with Gasteiger partial charge >= 0.3 is 0 Å². The summed E-state index contributed by atoms with van der Waals surface area (Å²) in [4.78, 5) is 16.2. The van der Waals surface area contributed by atoms with Gasteiger partial charge in [0.25, 0.3) is 0 Å². The summed E-state index contributed by atoms with van der Waals surface area (Å²) in [5.41, 5.74) is 4.66. The second-order valence-corrected chi connectivity index (χ2v) is 9.76. The van der Waals surface area contributed by atoms with E-state index in [0.29, 0.717) is 33.2 Å². The van der Waals surface area contributed by atoms with Crippen molar-refractivity contribution in [2.45, 2.75) is 20.3 Å². The minimum Gasteiger partial charge on any atom is -0.505 e. The quantitative estimate of drug-likeness (QED) is 0.191. The lowest BCUT2D eigenvalue weighted by atomic mass is 9.85. The van der Waals surface area contributed by atoms with E-state index in [1.807, 2.05) is 36.4 Å². The van der Waals surface area contributed by atoms with Crippen LogP contribution in [0.2, 0.25) is 0 Å². The smallest absolute Gasteiger partial charge is 0.188 e. The van der Waals surface area contributed by atoms with Crippen LogP contribution in [0.1, 0.15) is 28.4 Å². The largest absolute Gasteiger partial charge is 0.505 e. The SMILES string of the molecule is C=C(C)C(=O)c1c(C)c(-c2cccc(-n3nc4ccccc4n3)c2O)c(O)c(-n2nc3ccccc3n2)c1CCO. The molecule has 2 aromatic heterocycles. The summed E-state index contributed by atoms with van der Waals surface area (Å²) in [6, 6.07) is 19.6. The van der Waals surface area contributed by atoms with Crippen LogP contribution in [0.4, 0.5) is 0 Å². The Morgan fingerprint density at radius 2 is 1.34 bits per heavy atom. The van der Waals surface area contributed by atoms with E-state index in [2.05, 4.69) is 27.0 Å². The molecule has 6 rings (SSSR count). The van der Waals surface area contributed by atoms with Crippen molar-refractivity contribution >= 4 is 27.9 Å². The number of nitrogens with zero attached hydrogens (tertiary/aromatic N) is 6. The van der Waals surface area contributed by atoms with Gasteiger partial charge in [-0.2, -0.15) is 0 Å². The number of phenols is 2. The zero-order chi connectivity index (χ0) is 28.8. The lowest BCUT2D eigenvalue weighted by Gasteiger charge is -2.22. The monoisotopic (exact) mass is 546 g/mol. The van der Waals surface area contributed by atoms with Gasteiger partial charge in [-0.1, -0.05) is 43.0 Å². The molecule has 3 N–H and O–H groups in total. The summed E-state index contributed by atoms with van der Waals surface area (Å²) in [7, 11) is 0. The zero-order valence-electron chi connectivity index (χ0n) is 22.4. The van der Waals surface area contributed by atoms with Crippen LogP contribution in [-0.4, -0.2) is 57.7 Å². The van der Waals surface area contributed by atoms with Crippen LogP contribution in [0, 0.1) is 6.92 Å². The maximum atomic E-state index is 13.6. The molecule has 0 amide bonds. The molecule has 2 heterocycles. The van der Waals surface area contributed by atoms with Crippen LogP contribution in [0.25, 0.3) is 44.6 Å². The van der Waals surface area contributed by atoms with Gasteiger partial charge in [0.1, 0.15) is 33.4 Å². The number of benzene rings is 4. The van der Waals surface area contributed by atoms with Crippen LogP contribution >= 0.6 is 0 Å². The molecule has 0 saturated carbocycles. The minimum atomic E-state index is -0.360. The first-order valence-corrected chi connectivity index (χ1v) is 13.0. The summed E-state index contributed by atoms with van der Waals surface area (Å²) in [5.74, 6) is -0.810. The van der Waals surface area contributed by atoms with Gasteiger partial charge in [0.15, 0.2) is 17.3 Å². The van der Waals surface area contributed by atoms with E-state index < -0.39 is 0 Å². The normalized spacial score (nSPS) is 11.4. The topological polar surface area (TPSA) is 139 Å². The first-order valence-electron chi connectivity index (χ1n) is 13.0. The van der Waals surface area contributed by atoms with Crippen molar-refractivity contribution in [1.29, 1.82) is 0 Å². The fourth-order valence-corrected chi connectivity index (χ4v) is 5.15. The molecule has 0 spiro atoms. The highest BCUT2D eigenvalue weighted by Crippen LogP contribution is 2.46. The maximum absolute atomic E-state index is 13.6. The Balaban J connectivity index is 1.67. The summed E-state index contributed by atoms with van der Waals surface area (Å²) < 4.78 is 0. The fraction of sp³-hybridized carbons (Fsp3) is 0.129. The van der Waals surface area contributed by atoms with E-state index in [0.717, 1.165) is 0 Å². The lowest BCUT2D eigenvalue weighted by molar-refractivity contribution is 0.103. The molecule has 4 aromatic carbocycles. The highest BCUT2D eigenvalue weighted by molar-refractivity contribution is 6.12. The summed E-state index contributed by atoms with van der Waals surface area (Å²) in [5, 5.41) is 51.5. The van der Waals surface area contributed by atoms with Crippen molar-refractivity contribution in [1.82, 2.24) is 30.0 Å². The first kappa shape index (κ1) is 25.9. The number of carbonyl (C=O) groups is 1. The van der Waals surface area contributed by atoms with Gasteiger partial charge in [-0.25, -0.2) is 0 Å². The maximum Gasteiger partial charge on any atom is 0.188 e. The standard InChI is InChI=1S/C31H26N6O4/c1-17(2)29(39)26-18(3)27(20-9-8-14-25(30(20)40)36-32-21-10-4-5-11-22(21)33-36)31(41)28(19(26)15-16-38)37-34-23-12-6-7-13-24(23)35-37/h4-14,38,40-41H,1,15-16H2,2-3H3. The summed E-state index contributed by atoms with van der Waals surface area (Å²) in [6.45, 7) is 6.85. The van der Waals surface area contributed by atoms with Crippen molar-refractivity contribution in [2.75, 3.05) is 6.61 Å². The third-order valence-electron chi connectivity index (χ3n) is 7.05. The Hall–Kier alpha value is -5.35. The fourth-order valence-electron chi connectivity index (χ4n) is 5.15. The molecule has 0 aliphatic heterocycles. The van der Waals surface area contributed by atoms with Gasteiger partial charge < -0.3 is 15.3 Å². The minimum absolute atomic E-state index is 0.0477. The van der Waals surface area contributed by atoms with Crippen LogP contribution < -0.4 is 0 Å². The predicted molar refractivity (Wildman–Crippen MR) is 155 cm³/mol. The van der Waals surface area contributed by atoms with E-state index in [4.69, 9.17) is 0 Å². The van der Waals surface area contributed by atoms with Gasteiger partial charge in [0.05, 0.1) is 0 Å². The number of rotatable bonds is 7. The number of phenolic OH excluding ortho intramolecular Hbond substituents is 2. The molecule has 0 unspecified atom stereocenters. The van der Waals surface area contributed by atoms with Crippen LogP contribution in [0.5, 0.6) is 11.5 Å². The van der Waals surface area contributed by atoms with Crippen molar-refractivity contribution in [3.63, 3.8) is 0 Å². The Bertz CT molecular complexity index is 1940. The number of aliphatic hydroxyl groups is 1. The lowest BCUT2D eigenvalue weighted by Crippen LogP contribution is -2.15. The Kier molecular flexibility index (Phi) is 6.32. The van der Waals surface area contributed by atoms with E-state index in [-0.39, 0.29) is 63.9 Å². The van der Waals surface area contributed by atoms with Crippen molar-refractivity contribution in [3.8, 4) is 34.0 Å². The molecular weight excluding hydrogens is 520 g/mol. The highest BCUT2D eigenvalue weighted by atomic mass is 16.3. The van der Waals surface area contributed by atoms with Gasteiger partial charge in [-0.05, 0) is 67.3 Å². The number of Topliss-reactive ketones (excluding diaryl/α,β-unsaturated/α-hetero) is 1. The molecule has 0 radical (unpaired) electrons. The number of allylic oxidation sites excluding steroid dienone is 1. The molecule has 0 bridgehead atoms. The molecule has 0 fully saturated rings. The van der Waals surface area contributed by atoms with E-state index >= 15 is 0 Å². The van der Waals surface area contributed by atoms with E-state index in [9.17, 15) is 20.1 Å². The van der Waals surface area contributed by atoms with Crippen LogP contribution in [0.15, 0.2) is 78.9 Å². The zero-order valence-corrected chi connectivity index (χ0v) is 22.4. The average Bonchev–Trinajstić information content (AvgIpc) is 3.58. The molecule has 0 aliphatic rings. The Labute approximate surface area is 234 Å². The van der Waals surface area contributed by atoms with Gasteiger partial charge in [0, 0.05) is 23.3 Å². The van der Waals surface area contributed by atoms with Crippen molar-refractivity contribution < 1.29 is 20.1 Å². The molecule has 0 atom stereocenters. The van der Waals surface area contributed by atoms with Gasteiger partial charge in [-0.3, -0.25) is 4.79 Å². The predicted octanol–water partition coefficient (Wildman–Crippen LogP) is 4.83. The summed E-state index contributed by atoms with van der Waals surface area (Å²) in [6.07, 6.45) is 0.0477. The average molecular weight is 547 g/mol. The number of para-hydroxylation sites is 1. The molecule has 0 saturated heterocycles. The highest BCUT2D eigenvalue weighted by Gasteiger charge is 2.30. The number of fused-ring (bicyclic) bond motifs is 2. The molecule has 10 nitrogen and oxygen atoms in total. The number of carbonyl (C=O) groups excluding carboxylic acids is 1. The van der Waals surface area contributed by atoms with E-state index in [1.165, 1.54) is 9.59 Å². The number of aliphatic hydroxyl groups excluding tert-OH is 1. The van der Waals surface area contributed by atoms with Crippen LogP contribution in [0.3, 0.4) is 0 Å². The first-order chi connectivity index (χ1) is 19.8. The summed E-state index contributed by atoms with van der Waals surface area (Å²) >= 11 is 0. The van der Waals surface area contributed by atoms with Crippen molar-refractivity contribution in [3.05, 3.63) is 95.6 Å². The molecule has 204 valence electrons. The second kappa shape index (κ2) is 10.00. The Morgan fingerprint density at radius 3 is 1.85 bits per heavy atom. The number of hydrogen-bond acceptors (Lipinski definition) is 8. The molecular formula is C31H26N6O4. The van der Waals surface area contributed by atoms with Gasteiger partial charge in [-0.15, -0.1) is 30.0 Å². The Morgan fingerprint density at radius 1 is 0.805 bits per heavy atom. The molecule has 6 aromatic rings.